The lowest BCUT2D eigenvalue weighted by Crippen LogP contribution is -2.42. The summed E-state index contributed by atoms with van der Waals surface area (Å²) >= 11 is 1.46. The molecule has 20 heavy (non-hydrogen) atoms. The molecule has 4 nitrogen and oxygen atoms in total. The van der Waals surface area contributed by atoms with Gasteiger partial charge in [-0.3, -0.25) is 4.79 Å². The lowest BCUT2D eigenvalue weighted by molar-refractivity contribution is -0.133. The van der Waals surface area contributed by atoms with Crippen LogP contribution in [-0.4, -0.2) is 21.2 Å². The Morgan fingerprint density at radius 1 is 1.35 bits per heavy atom. The van der Waals surface area contributed by atoms with E-state index in [-0.39, 0.29) is 11.9 Å². The molecule has 1 aromatic heterocycles. The van der Waals surface area contributed by atoms with Crippen LogP contribution in [0.1, 0.15) is 22.9 Å². The van der Waals surface area contributed by atoms with E-state index in [0.717, 1.165) is 18.0 Å². The Kier molecular flexibility index (Phi) is 3.80. The summed E-state index contributed by atoms with van der Waals surface area (Å²) in [6.45, 7) is 4.06. The third kappa shape index (κ3) is 2.73. The number of rotatable bonds is 4. The largest absolute Gasteiger partial charge is 0.333 e. The molecule has 2 aromatic rings. The Bertz CT molecular complexity index is 572. The Hall–Kier alpha value is -1.72. The van der Waals surface area contributed by atoms with Crippen molar-refractivity contribution in [3.05, 3.63) is 52.5 Å². The molecular formula is C15H17N3OS. The van der Waals surface area contributed by atoms with Crippen molar-refractivity contribution in [2.24, 2.45) is 0 Å². The quantitative estimate of drug-likeness (QED) is 0.937. The summed E-state index contributed by atoms with van der Waals surface area (Å²) in [6.07, 6.45) is 1.78. The van der Waals surface area contributed by atoms with Gasteiger partial charge in [0.15, 0.2) is 0 Å². The molecular weight excluding hydrogens is 270 g/mol. The number of fused-ring (bicyclic) bond motifs is 1. The van der Waals surface area contributed by atoms with Crippen LogP contribution in [-0.2, 0) is 24.4 Å². The van der Waals surface area contributed by atoms with Crippen molar-refractivity contribution >= 4 is 17.4 Å². The molecule has 1 amide bonds. The van der Waals surface area contributed by atoms with Crippen molar-refractivity contribution < 1.29 is 4.79 Å². The highest BCUT2D eigenvalue weighted by atomic mass is 32.1. The summed E-state index contributed by atoms with van der Waals surface area (Å²) in [6, 6.07) is 10.0. The number of benzene rings is 1. The lowest BCUT2D eigenvalue weighted by Gasteiger charge is -2.21. The lowest BCUT2D eigenvalue weighted by atomic mass is 10.1. The van der Waals surface area contributed by atoms with Crippen LogP contribution in [0.15, 0.2) is 36.5 Å². The first-order valence-electron chi connectivity index (χ1n) is 6.72. The highest BCUT2D eigenvalue weighted by molar-refractivity contribution is 7.05. The van der Waals surface area contributed by atoms with Crippen molar-refractivity contribution in [1.29, 1.82) is 0 Å². The summed E-state index contributed by atoms with van der Waals surface area (Å²) in [5.41, 5.74) is 2.52. The number of hydrogen-bond donors (Lipinski definition) is 1. The Morgan fingerprint density at radius 3 is 2.65 bits per heavy atom. The van der Waals surface area contributed by atoms with Gasteiger partial charge in [-0.1, -0.05) is 24.3 Å². The van der Waals surface area contributed by atoms with Crippen LogP contribution in [0, 0.1) is 0 Å². The molecule has 0 saturated heterocycles. The topological polar surface area (TPSA) is 45.2 Å². The summed E-state index contributed by atoms with van der Waals surface area (Å²) < 4.78 is 4.06. The van der Waals surface area contributed by atoms with E-state index < -0.39 is 0 Å². The van der Waals surface area contributed by atoms with Gasteiger partial charge >= 0.3 is 0 Å². The maximum atomic E-state index is 12.4. The molecule has 0 bridgehead atoms. The normalized spacial score (nSPS) is 15.2. The van der Waals surface area contributed by atoms with E-state index >= 15 is 0 Å². The Labute approximate surface area is 122 Å². The molecule has 0 unspecified atom stereocenters. The molecule has 104 valence electrons. The molecule has 5 heteroatoms. The second-order valence-electron chi connectivity index (χ2n) is 5.04. The van der Waals surface area contributed by atoms with Gasteiger partial charge in [0.25, 0.3) is 0 Å². The van der Waals surface area contributed by atoms with Gasteiger partial charge in [0.1, 0.15) is 0 Å². The van der Waals surface area contributed by atoms with E-state index in [0.29, 0.717) is 6.54 Å². The smallest absolute Gasteiger partial charge is 0.240 e. The number of carbonyl (C=O) groups excluding carboxylic acids is 1. The van der Waals surface area contributed by atoms with Gasteiger partial charge in [-0.05, 0) is 35.6 Å². The number of nitrogens with zero attached hydrogens (tertiary/aromatic N) is 2. The number of amides is 1. The zero-order chi connectivity index (χ0) is 13.9. The van der Waals surface area contributed by atoms with Gasteiger partial charge < -0.3 is 10.2 Å². The van der Waals surface area contributed by atoms with Crippen LogP contribution in [0.2, 0.25) is 0 Å². The van der Waals surface area contributed by atoms with E-state index in [1.807, 2.05) is 30.0 Å². The Balaban J connectivity index is 1.57. The monoisotopic (exact) mass is 287 g/mol. The molecule has 0 aliphatic carbocycles. The third-order valence-corrected chi connectivity index (χ3v) is 4.34. The summed E-state index contributed by atoms with van der Waals surface area (Å²) in [4.78, 5) is 15.5. The van der Waals surface area contributed by atoms with Crippen molar-refractivity contribution in [1.82, 2.24) is 14.6 Å². The SMILES string of the molecule is C[C@@H](NCc1ccns1)C(=O)N1Cc2ccccc2C1. The first-order chi connectivity index (χ1) is 9.74. The molecule has 1 aromatic carbocycles. The number of hydrogen-bond acceptors (Lipinski definition) is 4. The summed E-state index contributed by atoms with van der Waals surface area (Å²) in [7, 11) is 0. The van der Waals surface area contributed by atoms with Gasteiger partial charge in [0.2, 0.25) is 5.91 Å². The number of aromatic nitrogens is 1. The van der Waals surface area contributed by atoms with Crippen LogP contribution in [0.3, 0.4) is 0 Å². The van der Waals surface area contributed by atoms with Gasteiger partial charge in [-0.2, -0.15) is 0 Å². The van der Waals surface area contributed by atoms with E-state index in [4.69, 9.17) is 0 Å². The maximum absolute atomic E-state index is 12.4. The van der Waals surface area contributed by atoms with Gasteiger partial charge in [-0.25, -0.2) is 4.37 Å². The minimum Gasteiger partial charge on any atom is -0.333 e. The van der Waals surface area contributed by atoms with Crippen molar-refractivity contribution in [2.45, 2.75) is 32.6 Å². The predicted molar refractivity (Wildman–Crippen MR) is 79.1 cm³/mol. The van der Waals surface area contributed by atoms with Crippen LogP contribution in [0.4, 0.5) is 0 Å². The second-order valence-corrected chi connectivity index (χ2v) is 5.96. The van der Waals surface area contributed by atoms with Crippen LogP contribution in [0.5, 0.6) is 0 Å². The average Bonchev–Trinajstić information content (AvgIpc) is 3.12. The van der Waals surface area contributed by atoms with Crippen molar-refractivity contribution in [3.8, 4) is 0 Å². The van der Waals surface area contributed by atoms with Crippen LogP contribution in [0.25, 0.3) is 0 Å². The highest BCUT2D eigenvalue weighted by Crippen LogP contribution is 2.22. The molecule has 1 N–H and O–H groups in total. The number of nitrogens with one attached hydrogen (secondary N) is 1. The summed E-state index contributed by atoms with van der Waals surface area (Å²) in [5.74, 6) is 0.158. The zero-order valence-corrected chi connectivity index (χ0v) is 12.2. The fourth-order valence-corrected chi connectivity index (χ4v) is 2.96. The molecule has 2 heterocycles. The van der Waals surface area contributed by atoms with Gasteiger partial charge in [0.05, 0.1) is 6.04 Å². The van der Waals surface area contributed by atoms with E-state index in [1.54, 1.807) is 6.20 Å². The van der Waals surface area contributed by atoms with E-state index in [1.165, 1.54) is 22.7 Å². The minimum absolute atomic E-state index is 0.158. The van der Waals surface area contributed by atoms with Gasteiger partial charge in [-0.15, -0.1) is 0 Å². The first kappa shape index (κ1) is 13.3. The molecule has 1 aliphatic heterocycles. The molecule has 1 atom stereocenters. The first-order valence-corrected chi connectivity index (χ1v) is 7.50. The highest BCUT2D eigenvalue weighted by Gasteiger charge is 2.26. The predicted octanol–water partition coefficient (Wildman–Crippen LogP) is 2.16. The second kappa shape index (κ2) is 5.73. The van der Waals surface area contributed by atoms with E-state index in [9.17, 15) is 4.79 Å². The number of carbonyl (C=O) groups is 1. The van der Waals surface area contributed by atoms with Crippen LogP contribution < -0.4 is 5.32 Å². The Morgan fingerprint density at radius 2 is 2.05 bits per heavy atom. The zero-order valence-electron chi connectivity index (χ0n) is 11.4. The molecule has 1 aliphatic rings. The van der Waals surface area contributed by atoms with Gasteiger partial charge in [0, 0.05) is 30.7 Å². The maximum Gasteiger partial charge on any atom is 0.240 e. The standard InChI is InChI=1S/C15H17N3OS/c1-11(16-8-14-6-7-17-20-14)15(19)18-9-12-4-2-3-5-13(12)10-18/h2-7,11,16H,8-10H2,1H3/t11-/m1/s1. The fourth-order valence-electron chi connectivity index (χ4n) is 2.44. The molecule has 0 saturated carbocycles. The third-order valence-electron chi connectivity index (χ3n) is 3.60. The molecule has 0 spiro atoms. The van der Waals surface area contributed by atoms with Crippen molar-refractivity contribution in [3.63, 3.8) is 0 Å². The van der Waals surface area contributed by atoms with Crippen LogP contribution >= 0.6 is 11.5 Å². The van der Waals surface area contributed by atoms with Crippen molar-refractivity contribution in [2.75, 3.05) is 0 Å². The average molecular weight is 287 g/mol. The fraction of sp³-hybridized carbons (Fsp3) is 0.333. The molecule has 0 radical (unpaired) electrons. The van der Waals surface area contributed by atoms with E-state index in [2.05, 4.69) is 21.8 Å². The minimum atomic E-state index is -0.175. The molecule has 0 fully saturated rings. The summed E-state index contributed by atoms with van der Waals surface area (Å²) in [5, 5.41) is 3.27. The molecule has 3 rings (SSSR count).